The van der Waals surface area contributed by atoms with Crippen LogP contribution in [0.25, 0.3) is 11.4 Å². The minimum atomic E-state index is -0.0949. The van der Waals surface area contributed by atoms with Gasteiger partial charge in [-0.25, -0.2) is 4.98 Å². The third kappa shape index (κ3) is 3.79. The topological polar surface area (TPSA) is 71.7 Å². The second-order valence-electron chi connectivity index (χ2n) is 8.47. The van der Waals surface area contributed by atoms with Crippen LogP contribution in [0, 0.1) is 0 Å². The molecule has 1 fully saturated rings. The molecule has 4 heterocycles. The summed E-state index contributed by atoms with van der Waals surface area (Å²) in [4.78, 5) is 14.6. The Morgan fingerprint density at radius 2 is 2.03 bits per heavy atom. The standard InChI is InChI=1S/C23H26ClN7O/c1-29(2)21-10-9-16(14-25-21)22-26-27-23(30(22)3)31-11-5-8-19(31)18-13-20(32-28-18)15-6-4-7-17(24)12-15/h4,6-7,9-10,12,14,19-20H,5,8,11,13H2,1-3H3/t19-,20?/m1/s1. The first-order chi connectivity index (χ1) is 15.5. The first-order valence-corrected chi connectivity index (χ1v) is 11.2. The number of benzene rings is 1. The number of halogens is 1. The second kappa shape index (κ2) is 8.43. The van der Waals surface area contributed by atoms with E-state index in [-0.39, 0.29) is 12.1 Å². The fourth-order valence-electron chi connectivity index (χ4n) is 4.44. The average molecular weight is 452 g/mol. The molecular formula is C23H26ClN7O. The lowest BCUT2D eigenvalue weighted by Crippen LogP contribution is -2.37. The van der Waals surface area contributed by atoms with Crippen LogP contribution >= 0.6 is 11.6 Å². The predicted octanol–water partition coefficient (Wildman–Crippen LogP) is 4.08. The summed E-state index contributed by atoms with van der Waals surface area (Å²) >= 11 is 6.16. The molecular weight excluding hydrogens is 426 g/mol. The molecule has 2 aromatic heterocycles. The Balaban J connectivity index is 1.35. The third-order valence-corrected chi connectivity index (χ3v) is 6.36. The molecule has 9 heteroatoms. The molecule has 0 saturated carbocycles. The first-order valence-electron chi connectivity index (χ1n) is 10.8. The van der Waals surface area contributed by atoms with Crippen molar-refractivity contribution in [3.05, 3.63) is 53.2 Å². The molecule has 2 aliphatic rings. The van der Waals surface area contributed by atoms with Crippen molar-refractivity contribution in [2.75, 3.05) is 30.4 Å². The predicted molar refractivity (Wildman–Crippen MR) is 126 cm³/mol. The molecule has 0 bridgehead atoms. The van der Waals surface area contributed by atoms with Crippen LogP contribution in [0.15, 0.2) is 47.8 Å². The molecule has 1 unspecified atom stereocenters. The fraction of sp³-hybridized carbons (Fsp3) is 0.391. The maximum absolute atomic E-state index is 6.16. The van der Waals surface area contributed by atoms with Gasteiger partial charge in [0.15, 0.2) is 11.9 Å². The summed E-state index contributed by atoms with van der Waals surface area (Å²) in [7, 11) is 5.95. The number of hydrogen-bond acceptors (Lipinski definition) is 7. The molecule has 32 heavy (non-hydrogen) atoms. The Labute approximate surface area is 192 Å². The molecule has 1 saturated heterocycles. The Bertz CT molecular complexity index is 1140. The van der Waals surface area contributed by atoms with Gasteiger partial charge < -0.3 is 14.6 Å². The summed E-state index contributed by atoms with van der Waals surface area (Å²) in [5, 5.41) is 14.2. The third-order valence-electron chi connectivity index (χ3n) is 6.12. The molecule has 0 aliphatic carbocycles. The first kappa shape index (κ1) is 20.8. The van der Waals surface area contributed by atoms with Gasteiger partial charge in [0.2, 0.25) is 5.95 Å². The van der Waals surface area contributed by atoms with Gasteiger partial charge >= 0.3 is 0 Å². The summed E-state index contributed by atoms with van der Waals surface area (Å²) in [6.07, 6.45) is 4.60. The maximum atomic E-state index is 6.16. The van der Waals surface area contributed by atoms with Gasteiger partial charge in [-0.2, -0.15) is 0 Å². The molecule has 1 aromatic carbocycles. The van der Waals surface area contributed by atoms with E-state index in [9.17, 15) is 0 Å². The summed E-state index contributed by atoms with van der Waals surface area (Å²) < 4.78 is 2.04. The molecule has 0 N–H and O–H groups in total. The molecule has 3 aromatic rings. The van der Waals surface area contributed by atoms with E-state index < -0.39 is 0 Å². The summed E-state index contributed by atoms with van der Waals surface area (Å²) in [5.74, 6) is 2.54. The van der Waals surface area contributed by atoms with Crippen LogP contribution in [0.1, 0.15) is 30.9 Å². The highest BCUT2D eigenvalue weighted by atomic mass is 35.5. The summed E-state index contributed by atoms with van der Waals surface area (Å²) in [6.45, 7) is 0.912. The van der Waals surface area contributed by atoms with Crippen molar-refractivity contribution in [2.45, 2.75) is 31.4 Å². The van der Waals surface area contributed by atoms with Crippen molar-refractivity contribution < 1.29 is 4.84 Å². The van der Waals surface area contributed by atoms with Crippen molar-refractivity contribution in [3.63, 3.8) is 0 Å². The highest BCUT2D eigenvalue weighted by Gasteiger charge is 2.37. The smallest absolute Gasteiger partial charge is 0.227 e. The van der Waals surface area contributed by atoms with Crippen LogP contribution in [-0.2, 0) is 11.9 Å². The highest BCUT2D eigenvalue weighted by molar-refractivity contribution is 6.30. The van der Waals surface area contributed by atoms with E-state index in [1.165, 1.54) is 0 Å². The van der Waals surface area contributed by atoms with Gasteiger partial charge in [-0.15, -0.1) is 10.2 Å². The van der Waals surface area contributed by atoms with Crippen molar-refractivity contribution >= 4 is 29.1 Å². The van der Waals surface area contributed by atoms with Gasteiger partial charge in [0.05, 0.1) is 11.8 Å². The van der Waals surface area contributed by atoms with Crippen LogP contribution in [0.2, 0.25) is 5.02 Å². The van der Waals surface area contributed by atoms with Gasteiger partial charge in [-0.3, -0.25) is 4.57 Å². The number of nitrogens with zero attached hydrogens (tertiary/aromatic N) is 7. The van der Waals surface area contributed by atoms with Crippen LogP contribution < -0.4 is 9.80 Å². The fourth-order valence-corrected chi connectivity index (χ4v) is 4.63. The van der Waals surface area contributed by atoms with Crippen molar-refractivity contribution in [1.29, 1.82) is 0 Å². The molecule has 0 amide bonds. The van der Waals surface area contributed by atoms with E-state index in [2.05, 4.69) is 25.2 Å². The number of oxime groups is 1. The van der Waals surface area contributed by atoms with Crippen molar-refractivity contribution in [3.8, 4) is 11.4 Å². The molecule has 5 rings (SSSR count). The van der Waals surface area contributed by atoms with Crippen LogP contribution in [-0.4, -0.2) is 52.1 Å². The van der Waals surface area contributed by atoms with Crippen LogP contribution in [0.3, 0.4) is 0 Å². The Morgan fingerprint density at radius 1 is 1.16 bits per heavy atom. The van der Waals surface area contributed by atoms with E-state index in [1.54, 1.807) is 0 Å². The number of pyridine rings is 1. The van der Waals surface area contributed by atoms with Crippen LogP contribution in [0.4, 0.5) is 11.8 Å². The quantitative estimate of drug-likeness (QED) is 0.582. The number of rotatable bonds is 5. The Kier molecular flexibility index (Phi) is 5.46. The minimum Gasteiger partial charge on any atom is -0.387 e. The average Bonchev–Trinajstić information content (AvgIpc) is 3.53. The van der Waals surface area contributed by atoms with Crippen molar-refractivity contribution in [1.82, 2.24) is 19.7 Å². The summed E-state index contributed by atoms with van der Waals surface area (Å²) in [5.41, 5.74) is 3.04. The molecule has 0 spiro atoms. The highest BCUT2D eigenvalue weighted by Crippen LogP contribution is 2.35. The van der Waals surface area contributed by atoms with Gasteiger partial charge in [-0.05, 0) is 42.7 Å². The number of hydrogen-bond donors (Lipinski definition) is 0. The van der Waals surface area contributed by atoms with Crippen molar-refractivity contribution in [2.24, 2.45) is 12.2 Å². The SMILES string of the molecule is CN(C)c1ccc(-c2nnc(N3CCC[C@@H]3C3=NOC(c4cccc(Cl)c4)C3)n2C)cn1. The summed E-state index contributed by atoms with van der Waals surface area (Å²) in [6, 6.07) is 12.0. The van der Waals surface area contributed by atoms with E-state index in [0.717, 1.165) is 60.2 Å². The largest absolute Gasteiger partial charge is 0.387 e. The van der Waals surface area contributed by atoms with Gasteiger partial charge in [0, 0.05) is 50.9 Å². The lowest BCUT2D eigenvalue weighted by molar-refractivity contribution is 0.0857. The molecule has 2 atom stereocenters. The van der Waals surface area contributed by atoms with E-state index in [0.29, 0.717) is 5.02 Å². The zero-order valence-electron chi connectivity index (χ0n) is 18.4. The zero-order valence-corrected chi connectivity index (χ0v) is 19.2. The molecule has 8 nitrogen and oxygen atoms in total. The van der Waals surface area contributed by atoms with Gasteiger partial charge in [0.1, 0.15) is 5.82 Å². The Morgan fingerprint density at radius 3 is 2.78 bits per heavy atom. The number of anilines is 2. The second-order valence-corrected chi connectivity index (χ2v) is 8.91. The molecule has 2 aliphatic heterocycles. The maximum Gasteiger partial charge on any atom is 0.227 e. The number of aromatic nitrogens is 4. The van der Waals surface area contributed by atoms with Gasteiger partial charge in [0.25, 0.3) is 0 Å². The monoisotopic (exact) mass is 451 g/mol. The lowest BCUT2D eigenvalue weighted by atomic mass is 9.99. The lowest BCUT2D eigenvalue weighted by Gasteiger charge is -2.24. The van der Waals surface area contributed by atoms with Crippen LogP contribution in [0.5, 0.6) is 0 Å². The Hall–Kier alpha value is -3.13. The molecule has 0 radical (unpaired) electrons. The minimum absolute atomic E-state index is 0.0949. The zero-order chi connectivity index (χ0) is 22.2. The van der Waals surface area contributed by atoms with E-state index in [4.69, 9.17) is 16.4 Å². The molecule has 166 valence electrons. The van der Waals surface area contributed by atoms with Gasteiger partial charge in [-0.1, -0.05) is 28.9 Å². The van der Waals surface area contributed by atoms with E-state index >= 15 is 0 Å². The normalized spacial score (nSPS) is 20.4. The van der Waals surface area contributed by atoms with E-state index in [1.807, 2.05) is 73.2 Å².